The standard InChI is InChI=1S/C27H35NO2/c1-5-10-20-15-18(3)17-28-24-16-21(27(29)30-4)13-14-23(24)25(26(28)22(20)6-2)19-11-8-7-9-12-19/h5-6,10,13-14,16,18-20,22H,2,7-9,11-12,15,17H2,1,3-4H3/b10-5-. The molecule has 1 aromatic heterocycles. The van der Waals surface area contributed by atoms with Gasteiger partial charge >= 0.3 is 5.97 Å². The molecule has 4 rings (SSSR count). The van der Waals surface area contributed by atoms with Crippen molar-refractivity contribution in [1.82, 2.24) is 4.57 Å². The Kier molecular flexibility index (Phi) is 6.17. The lowest BCUT2D eigenvalue weighted by Gasteiger charge is -2.27. The predicted octanol–water partition coefficient (Wildman–Crippen LogP) is 6.98. The number of allylic oxidation sites excluding steroid dienone is 3. The van der Waals surface area contributed by atoms with Crippen LogP contribution in [0.3, 0.4) is 0 Å². The molecule has 3 unspecified atom stereocenters. The van der Waals surface area contributed by atoms with Crippen LogP contribution < -0.4 is 0 Å². The minimum atomic E-state index is -0.264. The summed E-state index contributed by atoms with van der Waals surface area (Å²) in [7, 11) is 1.45. The first kappa shape index (κ1) is 21.0. The molecule has 1 saturated carbocycles. The van der Waals surface area contributed by atoms with Gasteiger partial charge in [-0.3, -0.25) is 0 Å². The summed E-state index contributed by atoms with van der Waals surface area (Å²) in [5.41, 5.74) is 4.79. The highest BCUT2D eigenvalue weighted by Gasteiger charge is 2.34. The Hall–Kier alpha value is -2.29. The number of nitrogens with zero attached hydrogens (tertiary/aromatic N) is 1. The van der Waals surface area contributed by atoms with Crippen LogP contribution in [0.2, 0.25) is 0 Å². The zero-order valence-electron chi connectivity index (χ0n) is 18.7. The molecule has 2 heterocycles. The smallest absolute Gasteiger partial charge is 0.337 e. The van der Waals surface area contributed by atoms with Crippen LogP contribution in [0.15, 0.2) is 43.0 Å². The van der Waals surface area contributed by atoms with Crippen molar-refractivity contribution in [2.24, 2.45) is 11.8 Å². The number of aromatic nitrogens is 1. The predicted molar refractivity (Wildman–Crippen MR) is 124 cm³/mol. The molecule has 1 fully saturated rings. The monoisotopic (exact) mass is 405 g/mol. The Labute approximate surface area is 180 Å². The van der Waals surface area contributed by atoms with Gasteiger partial charge in [0.05, 0.1) is 12.7 Å². The molecule has 30 heavy (non-hydrogen) atoms. The van der Waals surface area contributed by atoms with Crippen molar-refractivity contribution < 1.29 is 9.53 Å². The maximum atomic E-state index is 12.3. The highest BCUT2D eigenvalue weighted by molar-refractivity contribution is 5.96. The molecule has 3 nitrogen and oxygen atoms in total. The van der Waals surface area contributed by atoms with E-state index in [0.29, 0.717) is 29.2 Å². The van der Waals surface area contributed by atoms with Gasteiger partial charge in [-0.2, -0.15) is 0 Å². The van der Waals surface area contributed by atoms with E-state index in [1.54, 1.807) is 0 Å². The summed E-state index contributed by atoms with van der Waals surface area (Å²) >= 11 is 0. The second-order valence-corrected chi connectivity index (χ2v) is 9.26. The first-order valence-electron chi connectivity index (χ1n) is 11.6. The average molecular weight is 406 g/mol. The quantitative estimate of drug-likeness (QED) is 0.406. The number of rotatable bonds is 4. The summed E-state index contributed by atoms with van der Waals surface area (Å²) in [5.74, 6) is 1.67. The number of methoxy groups -OCH3 is 1. The van der Waals surface area contributed by atoms with Gasteiger partial charge < -0.3 is 9.30 Å². The Bertz CT molecular complexity index is 961. The summed E-state index contributed by atoms with van der Waals surface area (Å²) in [6.07, 6.45) is 14.4. The fourth-order valence-corrected chi connectivity index (χ4v) is 5.95. The van der Waals surface area contributed by atoms with Gasteiger partial charge in [-0.05, 0) is 61.6 Å². The van der Waals surface area contributed by atoms with Crippen LogP contribution in [0.25, 0.3) is 10.9 Å². The van der Waals surface area contributed by atoms with Crippen molar-refractivity contribution in [3.63, 3.8) is 0 Å². The van der Waals surface area contributed by atoms with Gasteiger partial charge in [0.2, 0.25) is 0 Å². The number of ether oxygens (including phenoxy) is 1. The number of fused-ring (bicyclic) bond motifs is 3. The van der Waals surface area contributed by atoms with Crippen LogP contribution in [0.4, 0.5) is 0 Å². The zero-order valence-corrected chi connectivity index (χ0v) is 18.7. The van der Waals surface area contributed by atoms with Crippen molar-refractivity contribution in [2.75, 3.05) is 7.11 Å². The highest BCUT2D eigenvalue weighted by atomic mass is 16.5. The van der Waals surface area contributed by atoms with Gasteiger partial charge in [0.15, 0.2) is 0 Å². The molecule has 2 aromatic rings. The number of esters is 1. The molecule has 2 aliphatic rings. The molecule has 3 atom stereocenters. The molecule has 0 amide bonds. The van der Waals surface area contributed by atoms with Crippen LogP contribution in [-0.4, -0.2) is 17.6 Å². The molecule has 1 aliphatic carbocycles. The Morgan fingerprint density at radius 3 is 2.67 bits per heavy atom. The van der Waals surface area contributed by atoms with Crippen LogP contribution in [0.1, 0.15) is 85.8 Å². The van der Waals surface area contributed by atoms with E-state index in [-0.39, 0.29) is 5.97 Å². The molecule has 3 heteroatoms. The summed E-state index contributed by atoms with van der Waals surface area (Å²) in [4.78, 5) is 12.3. The zero-order chi connectivity index (χ0) is 21.3. The third kappa shape index (κ3) is 3.64. The van der Waals surface area contributed by atoms with E-state index in [4.69, 9.17) is 4.74 Å². The number of benzene rings is 1. The van der Waals surface area contributed by atoms with Gasteiger partial charge in [-0.15, -0.1) is 6.58 Å². The maximum Gasteiger partial charge on any atom is 0.337 e. The molecule has 0 saturated heterocycles. The van der Waals surface area contributed by atoms with Gasteiger partial charge in [0, 0.05) is 29.1 Å². The lowest BCUT2D eigenvalue weighted by molar-refractivity contribution is 0.0601. The van der Waals surface area contributed by atoms with E-state index in [1.807, 2.05) is 6.07 Å². The molecular formula is C27H35NO2. The average Bonchev–Trinajstić information content (AvgIpc) is 2.99. The lowest BCUT2D eigenvalue weighted by Crippen LogP contribution is -2.14. The lowest BCUT2D eigenvalue weighted by atomic mass is 9.77. The molecule has 0 bridgehead atoms. The fraction of sp³-hybridized carbons (Fsp3) is 0.519. The summed E-state index contributed by atoms with van der Waals surface area (Å²) < 4.78 is 7.54. The van der Waals surface area contributed by atoms with Crippen molar-refractivity contribution in [1.29, 1.82) is 0 Å². The maximum absolute atomic E-state index is 12.3. The van der Waals surface area contributed by atoms with E-state index in [9.17, 15) is 4.79 Å². The minimum absolute atomic E-state index is 0.264. The second kappa shape index (κ2) is 8.83. The van der Waals surface area contributed by atoms with Crippen LogP contribution >= 0.6 is 0 Å². The van der Waals surface area contributed by atoms with Gasteiger partial charge in [-0.25, -0.2) is 4.79 Å². The van der Waals surface area contributed by atoms with E-state index < -0.39 is 0 Å². The van der Waals surface area contributed by atoms with Gasteiger partial charge in [-0.1, -0.05) is 50.5 Å². The Balaban J connectivity index is 2.00. The van der Waals surface area contributed by atoms with Crippen LogP contribution in [-0.2, 0) is 11.3 Å². The SMILES string of the molecule is C=CC1c2c(C3CCCCC3)c3ccc(C(=O)OC)cc3n2CC(C)CC1/C=C\C. The first-order valence-corrected chi connectivity index (χ1v) is 11.6. The van der Waals surface area contributed by atoms with Crippen molar-refractivity contribution >= 4 is 16.9 Å². The van der Waals surface area contributed by atoms with Crippen molar-refractivity contribution in [2.45, 2.75) is 70.8 Å². The van der Waals surface area contributed by atoms with E-state index >= 15 is 0 Å². The fourth-order valence-electron chi connectivity index (χ4n) is 5.95. The molecular weight excluding hydrogens is 370 g/mol. The van der Waals surface area contributed by atoms with Crippen molar-refractivity contribution in [3.8, 4) is 0 Å². The van der Waals surface area contributed by atoms with E-state index in [1.165, 1.54) is 61.4 Å². The first-order chi connectivity index (χ1) is 14.6. The number of hydrogen-bond donors (Lipinski definition) is 0. The third-order valence-corrected chi connectivity index (χ3v) is 7.22. The molecule has 1 aromatic carbocycles. The molecule has 0 radical (unpaired) electrons. The minimum Gasteiger partial charge on any atom is -0.465 e. The van der Waals surface area contributed by atoms with Crippen LogP contribution in [0.5, 0.6) is 0 Å². The highest BCUT2D eigenvalue weighted by Crippen LogP contribution is 2.47. The van der Waals surface area contributed by atoms with E-state index in [0.717, 1.165) is 13.0 Å². The number of carbonyl (C=O) groups excluding carboxylic acids is 1. The molecule has 0 N–H and O–H groups in total. The largest absolute Gasteiger partial charge is 0.465 e. The van der Waals surface area contributed by atoms with E-state index in [2.05, 4.69) is 55.4 Å². The Morgan fingerprint density at radius 2 is 2.00 bits per heavy atom. The molecule has 1 aliphatic heterocycles. The molecule has 160 valence electrons. The van der Waals surface area contributed by atoms with Crippen LogP contribution in [0, 0.1) is 11.8 Å². The van der Waals surface area contributed by atoms with Gasteiger partial charge in [0.25, 0.3) is 0 Å². The van der Waals surface area contributed by atoms with Crippen molar-refractivity contribution in [3.05, 3.63) is 59.8 Å². The Morgan fingerprint density at radius 1 is 1.23 bits per heavy atom. The topological polar surface area (TPSA) is 31.2 Å². The number of hydrogen-bond acceptors (Lipinski definition) is 2. The summed E-state index contributed by atoms with van der Waals surface area (Å²) in [5, 5.41) is 1.32. The summed E-state index contributed by atoms with van der Waals surface area (Å²) in [6.45, 7) is 9.73. The number of carbonyl (C=O) groups is 1. The third-order valence-electron chi connectivity index (χ3n) is 7.22. The second-order valence-electron chi connectivity index (χ2n) is 9.26. The molecule has 0 spiro atoms. The normalized spacial score (nSPS) is 25.2. The summed E-state index contributed by atoms with van der Waals surface area (Å²) in [6, 6.07) is 6.17. The van der Waals surface area contributed by atoms with Gasteiger partial charge in [0.1, 0.15) is 0 Å².